The first-order valence-corrected chi connectivity index (χ1v) is 6.74. The molecule has 0 spiro atoms. The predicted molar refractivity (Wildman–Crippen MR) is 82.0 cm³/mol. The third kappa shape index (κ3) is 4.18. The molecular weight excluding hydrogens is 292 g/mol. The molecule has 0 aliphatic heterocycles. The van der Waals surface area contributed by atoms with Gasteiger partial charge >= 0.3 is 0 Å². The summed E-state index contributed by atoms with van der Waals surface area (Å²) in [6.45, 7) is 0.849. The van der Waals surface area contributed by atoms with Crippen molar-refractivity contribution in [1.29, 1.82) is 0 Å². The van der Waals surface area contributed by atoms with E-state index in [9.17, 15) is 9.59 Å². The summed E-state index contributed by atoms with van der Waals surface area (Å²) < 4.78 is 6.43. The van der Waals surface area contributed by atoms with E-state index in [0.717, 1.165) is 0 Å². The van der Waals surface area contributed by atoms with Gasteiger partial charge in [0.15, 0.2) is 0 Å². The van der Waals surface area contributed by atoms with Crippen LogP contribution >= 0.6 is 11.6 Å². The number of amides is 1. The molecule has 0 bridgehead atoms. The third-order valence-corrected chi connectivity index (χ3v) is 3.10. The first kappa shape index (κ1) is 15.3. The van der Waals surface area contributed by atoms with Gasteiger partial charge in [-0.15, -0.1) is 0 Å². The van der Waals surface area contributed by atoms with Crippen molar-refractivity contribution in [3.8, 4) is 0 Å². The SMILES string of the molecule is COCCn1cc(NC(=O)c2cccc(Cl)c2)ccc1=O. The van der Waals surface area contributed by atoms with E-state index in [1.54, 1.807) is 43.6 Å². The second-order valence-electron chi connectivity index (χ2n) is 4.41. The molecule has 1 aromatic heterocycles. The Bertz CT molecular complexity index is 697. The van der Waals surface area contributed by atoms with Gasteiger partial charge in [-0.2, -0.15) is 0 Å². The number of pyridine rings is 1. The van der Waals surface area contributed by atoms with Gasteiger partial charge in [-0.25, -0.2) is 0 Å². The smallest absolute Gasteiger partial charge is 0.255 e. The summed E-state index contributed by atoms with van der Waals surface area (Å²) >= 11 is 5.86. The molecule has 0 radical (unpaired) electrons. The highest BCUT2D eigenvalue weighted by molar-refractivity contribution is 6.31. The van der Waals surface area contributed by atoms with Crippen LogP contribution in [0.3, 0.4) is 0 Å². The molecule has 0 aliphatic carbocycles. The quantitative estimate of drug-likeness (QED) is 0.922. The summed E-state index contributed by atoms with van der Waals surface area (Å²) in [6, 6.07) is 9.62. The normalized spacial score (nSPS) is 10.4. The van der Waals surface area contributed by atoms with Crippen LogP contribution in [-0.2, 0) is 11.3 Å². The van der Waals surface area contributed by atoms with E-state index < -0.39 is 0 Å². The molecule has 0 saturated carbocycles. The minimum Gasteiger partial charge on any atom is -0.383 e. The molecule has 0 fully saturated rings. The van der Waals surface area contributed by atoms with Gasteiger partial charge in [-0.05, 0) is 24.3 Å². The second kappa shape index (κ2) is 7.06. The zero-order chi connectivity index (χ0) is 15.2. The minimum atomic E-state index is -0.283. The summed E-state index contributed by atoms with van der Waals surface area (Å²) in [6.07, 6.45) is 1.59. The lowest BCUT2D eigenvalue weighted by Gasteiger charge is -2.09. The van der Waals surface area contributed by atoms with Crippen LogP contribution in [0, 0.1) is 0 Å². The minimum absolute atomic E-state index is 0.146. The maximum atomic E-state index is 12.1. The van der Waals surface area contributed by atoms with Gasteiger partial charge in [0.05, 0.1) is 12.3 Å². The zero-order valence-corrected chi connectivity index (χ0v) is 12.3. The number of rotatable bonds is 5. The van der Waals surface area contributed by atoms with Crippen molar-refractivity contribution < 1.29 is 9.53 Å². The lowest BCUT2D eigenvalue weighted by atomic mass is 10.2. The number of carbonyl (C=O) groups excluding carboxylic acids is 1. The fraction of sp³-hybridized carbons (Fsp3) is 0.200. The zero-order valence-electron chi connectivity index (χ0n) is 11.5. The van der Waals surface area contributed by atoms with Crippen molar-refractivity contribution in [2.75, 3.05) is 19.0 Å². The Morgan fingerprint density at radius 1 is 1.33 bits per heavy atom. The number of methoxy groups -OCH3 is 1. The number of benzene rings is 1. The molecule has 1 aromatic carbocycles. The van der Waals surface area contributed by atoms with E-state index in [2.05, 4.69) is 5.32 Å². The van der Waals surface area contributed by atoms with E-state index >= 15 is 0 Å². The molecule has 0 saturated heterocycles. The number of anilines is 1. The van der Waals surface area contributed by atoms with E-state index in [-0.39, 0.29) is 11.5 Å². The van der Waals surface area contributed by atoms with Gasteiger partial charge < -0.3 is 14.6 Å². The van der Waals surface area contributed by atoms with Crippen LogP contribution in [0.15, 0.2) is 47.4 Å². The predicted octanol–water partition coefficient (Wildman–Crippen LogP) is 2.40. The summed E-state index contributed by atoms with van der Waals surface area (Å²) in [5.41, 5.74) is 0.848. The van der Waals surface area contributed by atoms with Gasteiger partial charge in [0.2, 0.25) is 0 Å². The van der Waals surface area contributed by atoms with Crippen LogP contribution < -0.4 is 10.9 Å². The number of aromatic nitrogens is 1. The Hall–Kier alpha value is -2.11. The van der Waals surface area contributed by atoms with Crippen molar-refractivity contribution in [1.82, 2.24) is 4.57 Å². The number of ether oxygens (including phenoxy) is 1. The number of carbonyl (C=O) groups is 1. The number of halogens is 1. The molecule has 1 N–H and O–H groups in total. The van der Waals surface area contributed by atoms with Crippen LogP contribution in [0.1, 0.15) is 10.4 Å². The molecule has 6 heteroatoms. The van der Waals surface area contributed by atoms with Gasteiger partial charge in [0.25, 0.3) is 11.5 Å². The molecule has 2 rings (SSSR count). The van der Waals surface area contributed by atoms with Crippen LogP contribution in [0.25, 0.3) is 0 Å². The van der Waals surface area contributed by atoms with Crippen molar-refractivity contribution in [2.45, 2.75) is 6.54 Å². The molecule has 1 heterocycles. The maximum Gasteiger partial charge on any atom is 0.255 e. The number of nitrogens with zero attached hydrogens (tertiary/aromatic N) is 1. The topological polar surface area (TPSA) is 60.3 Å². The van der Waals surface area contributed by atoms with Crippen molar-refractivity contribution in [2.24, 2.45) is 0 Å². The molecule has 0 atom stereocenters. The number of hydrogen-bond acceptors (Lipinski definition) is 3. The highest BCUT2D eigenvalue weighted by atomic mass is 35.5. The van der Waals surface area contributed by atoms with Crippen LogP contribution in [0.4, 0.5) is 5.69 Å². The van der Waals surface area contributed by atoms with E-state index in [1.165, 1.54) is 10.6 Å². The van der Waals surface area contributed by atoms with E-state index in [4.69, 9.17) is 16.3 Å². The Morgan fingerprint density at radius 3 is 2.86 bits per heavy atom. The summed E-state index contributed by atoms with van der Waals surface area (Å²) in [5, 5.41) is 3.22. The summed E-state index contributed by atoms with van der Waals surface area (Å²) in [5.74, 6) is -0.283. The molecule has 0 unspecified atom stereocenters. The van der Waals surface area contributed by atoms with Gasteiger partial charge in [-0.1, -0.05) is 17.7 Å². The summed E-state index contributed by atoms with van der Waals surface area (Å²) in [4.78, 5) is 23.7. The molecule has 0 aliphatic rings. The van der Waals surface area contributed by atoms with Gasteiger partial charge in [-0.3, -0.25) is 9.59 Å². The van der Waals surface area contributed by atoms with Crippen molar-refractivity contribution in [3.63, 3.8) is 0 Å². The van der Waals surface area contributed by atoms with E-state index in [1.807, 2.05) is 0 Å². The fourth-order valence-corrected chi connectivity index (χ4v) is 1.99. The fourth-order valence-electron chi connectivity index (χ4n) is 1.80. The first-order chi connectivity index (χ1) is 10.1. The molecule has 110 valence electrons. The molecule has 5 nitrogen and oxygen atoms in total. The van der Waals surface area contributed by atoms with Crippen LogP contribution in [-0.4, -0.2) is 24.2 Å². The standard InChI is InChI=1S/C15H15ClN2O3/c1-21-8-7-18-10-13(5-6-14(18)19)17-15(20)11-3-2-4-12(16)9-11/h2-6,9-10H,7-8H2,1H3,(H,17,20). The van der Waals surface area contributed by atoms with Crippen molar-refractivity contribution in [3.05, 3.63) is 63.5 Å². The number of hydrogen-bond donors (Lipinski definition) is 1. The monoisotopic (exact) mass is 306 g/mol. The van der Waals surface area contributed by atoms with Gasteiger partial charge in [0.1, 0.15) is 0 Å². The lowest BCUT2D eigenvalue weighted by molar-refractivity contribution is 0.102. The molecular formula is C15H15ClN2O3. The number of nitrogens with one attached hydrogen (secondary N) is 1. The Balaban J connectivity index is 2.16. The summed E-state index contributed by atoms with van der Waals surface area (Å²) in [7, 11) is 1.57. The largest absolute Gasteiger partial charge is 0.383 e. The Morgan fingerprint density at radius 2 is 2.14 bits per heavy atom. The second-order valence-corrected chi connectivity index (χ2v) is 4.84. The van der Waals surface area contributed by atoms with Crippen molar-refractivity contribution >= 4 is 23.2 Å². The lowest BCUT2D eigenvalue weighted by Crippen LogP contribution is -2.22. The molecule has 21 heavy (non-hydrogen) atoms. The Kier molecular flexibility index (Phi) is 5.14. The molecule has 1 amide bonds. The molecule has 2 aromatic rings. The van der Waals surface area contributed by atoms with Crippen LogP contribution in [0.5, 0.6) is 0 Å². The van der Waals surface area contributed by atoms with E-state index in [0.29, 0.717) is 29.4 Å². The third-order valence-electron chi connectivity index (χ3n) is 2.86. The maximum absolute atomic E-state index is 12.1. The van der Waals surface area contributed by atoms with Gasteiger partial charge in [0, 0.05) is 36.5 Å². The highest BCUT2D eigenvalue weighted by Crippen LogP contribution is 2.13. The Labute approximate surface area is 127 Å². The first-order valence-electron chi connectivity index (χ1n) is 6.36. The average molecular weight is 307 g/mol. The highest BCUT2D eigenvalue weighted by Gasteiger charge is 2.07. The van der Waals surface area contributed by atoms with Crippen LogP contribution in [0.2, 0.25) is 5.02 Å². The average Bonchev–Trinajstić information content (AvgIpc) is 2.47.